The summed E-state index contributed by atoms with van der Waals surface area (Å²) < 4.78 is 21.5. The third-order valence-electron chi connectivity index (χ3n) is 6.18. The first-order valence-electron chi connectivity index (χ1n) is 11.9. The number of rotatable bonds is 8. The Kier molecular flexibility index (Phi) is 6.95. The van der Waals surface area contributed by atoms with Crippen LogP contribution in [0.4, 0.5) is 14.9 Å². The van der Waals surface area contributed by atoms with Crippen molar-refractivity contribution >= 4 is 39.2 Å². The number of carbonyl (C=O) groups excluding carboxylic acids is 2. The van der Waals surface area contributed by atoms with Crippen LogP contribution in [-0.4, -0.2) is 36.2 Å². The second kappa shape index (κ2) is 10.5. The van der Waals surface area contributed by atoms with Gasteiger partial charge in [0.15, 0.2) is 0 Å². The average molecular weight is 504 g/mol. The van der Waals surface area contributed by atoms with E-state index in [0.29, 0.717) is 11.3 Å². The van der Waals surface area contributed by atoms with Crippen molar-refractivity contribution in [1.82, 2.24) is 10.3 Å². The lowest BCUT2D eigenvalue weighted by Crippen LogP contribution is -2.33. The van der Waals surface area contributed by atoms with Crippen molar-refractivity contribution in [1.29, 1.82) is 0 Å². The number of fused-ring (bicyclic) bond motifs is 1. The summed E-state index contributed by atoms with van der Waals surface area (Å²) in [5.74, 6) is -0.603. The van der Waals surface area contributed by atoms with E-state index in [1.54, 1.807) is 23.5 Å². The third-order valence-corrected chi connectivity index (χ3v) is 7.27. The van der Waals surface area contributed by atoms with Gasteiger partial charge in [0.1, 0.15) is 11.9 Å². The zero-order valence-corrected chi connectivity index (χ0v) is 20.7. The highest BCUT2D eigenvalue weighted by molar-refractivity contribution is 7.18. The molecule has 0 saturated carbocycles. The summed E-state index contributed by atoms with van der Waals surface area (Å²) in [6.07, 6.45) is 1.84. The van der Waals surface area contributed by atoms with Gasteiger partial charge in [-0.05, 0) is 60.7 Å². The summed E-state index contributed by atoms with van der Waals surface area (Å²) >= 11 is 1.75. The summed E-state index contributed by atoms with van der Waals surface area (Å²) in [4.78, 5) is 29.4. The van der Waals surface area contributed by atoms with Crippen LogP contribution in [0, 0.1) is 5.82 Å². The van der Waals surface area contributed by atoms with Gasteiger partial charge in [-0.2, -0.15) is 0 Å². The number of thiazole rings is 1. The zero-order valence-electron chi connectivity index (χ0n) is 19.9. The van der Waals surface area contributed by atoms with Crippen molar-refractivity contribution < 1.29 is 18.7 Å². The van der Waals surface area contributed by atoms with E-state index in [9.17, 15) is 9.59 Å². The standard InChI is InChI=1S/C28H26FN3O3S/c1-18(33)30-16-22-17-32(28(34)35-22)21-13-14-23(24(29)15-21)20-11-9-19(10-12-20)5-4-8-27-31-25-6-2-3-7-26(25)36-27/h2-3,6-7,9-15,22H,4-5,8,16-17H2,1H3,(H,30,33)/t22-/m0/s1. The number of aromatic nitrogens is 1. The van der Waals surface area contributed by atoms with Crippen LogP contribution in [0.5, 0.6) is 0 Å². The monoisotopic (exact) mass is 503 g/mol. The highest BCUT2D eigenvalue weighted by Crippen LogP contribution is 2.30. The van der Waals surface area contributed by atoms with Crippen LogP contribution in [0.3, 0.4) is 0 Å². The molecular formula is C28H26FN3O3S. The first-order chi connectivity index (χ1) is 17.5. The maximum absolute atomic E-state index is 15.0. The number of ether oxygens (including phenoxy) is 1. The van der Waals surface area contributed by atoms with Crippen LogP contribution in [0.15, 0.2) is 66.7 Å². The Labute approximate surface area is 212 Å². The van der Waals surface area contributed by atoms with Gasteiger partial charge < -0.3 is 10.1 Å². The number of hydrogen-bond acceptors (Lipinski definition) is 5. The second-order valence-electron chi connectivity index (χ2n) is 8.84. The highest BCUT2D eigenvalue weighted by Gasteiger charge is 2.32. The zero-order chi connectivity index (χ0) is 25.1. The number of para-hydroxylation sites is 1. The fraction of sp³-hybridized carbons (Fsp3) is 0.250. The number of amides is 2. The van der Waals surface area contributed by atoms with Crippen LogP contribution in [0.2, 0.25) is 0 Å². The molecule has 2 amide bonds. The van der Waals surface area contributed by atoms with E-state index in [2.05, 4.69) is 11.4 Å². The van der Waals surface area contributed by atoms with Crippen LogP contribution >= 0.6 is 11.3 Å². The SMILES string of the molecule is CC(=O)NC[C@H]1CN(c2ccc(-c3ccc(CCCc4nc5ccccc5s4)cc3)c(F)c2)C(=O)O1. The molecule has 1 N–H and O–H groups in total. The molecule has 36 heavy (non-hydrogen) atoms. The Hall–Kier alpha value is -3.78. The quantitative estimate of drug-likeness (QED) is 0.333. The Morgan fingerprint density at radius 1 is 1.14 bits per heavy atom. The molecule has 8 heteroatoms. The minimum absolute atomic E-state index is 0.195. The predicted octanol–water partition coefficient (Wildman–Crippen LogP) is 5.74. The number of anilines is 1. The van der Waals surface area contributed by atoms with E-state index in [1.807, 2.05) is 42.5 Å². The first kappa shape index (κ1) is 23.9. The fourth-order valence-electron chi connectivity index (χ4n) is 4.32. The van der Waals surface area contributed by atoms with E-state index in [-0.39, 0.29) is 19.0 Å². The molecule has 1 fully saturated rings. The number of carbonyl (C=O) groups is 2. The normalized spacial score (nSPS) is 15.3. The van der Waals surface area contributed by atoms with Gasteiger partial charge in [-0.25, -0.2) is 14.2 Å². The third kappa shape index (κ3) is 5.39. The van der Waals surface area contributed by atoms with E-state index in [4.69, 9.17) is 9.72 Å². The lowest BCUT2D eigenvalue weighted by atomic mass is 10.0. The van der Waals surface area contributed by atoms with Crippen LogP contribution < -0.4 is 10.2 Å². The van der Waals surface area contributed by atoms with E-state index < -0.39 is 18.0 Å². The molecule has 0 bridgehead atoms. The molecule has 3 aromatic carbocycles. The maximum Gasteiger partial charge on any atom is 0.414 e. The summed E-state index contributed by atoms with van der Waals surface area (Å²) in [6.45, 7) is 1.88. The molecular weight excluding hydrogens is 477 g/mol. The summed E-state index contributed by atoms with van der Waals surface area (Å²) in [5, 5.41) is 3.78. The number of nitrogens with zero attached hydrogens (tertiary/aromatic N) is 2. The summed E-state index contributed by atoms with van der Waals surface area (Å²) in [7, 11) is 0. The molecule has 1 aliphatic rings. The van der Waals surface area contributed by atoms with Crippen molar-refractivity contribution in [3.63, 3.8) is 0 Å². The highest BCUT2D eigenvalue weighted by atomic mass is 32.1. The summed E-state index contributed by atoms with van der Waals surface area (Å²) in [6, 6.07) is 20.9. The topological polar surface area (TPSA) is 71.5 Å². The van der Waals surface area contributed by atoms with Gasteiger partial charge in [-0.3, -0.25) is 9.69 Å². The Balaban J connectivity index is 1.19. The fourth-order valence-corrected chi connectivity index (χ4v) is 5.33. The smallest absolute Gasteiger partial charge is 0.414 e. The van der Waals surface area contributed by atoms with Gasteiger partial charge in [-0.15, -0.1) is 11.3 Å². The second-order valence-corrected chi connectivity index (χ2v) is 9.96. The van der Waals surface area contributed by atoms with E-state index >= 15 is 4.39 Å². The average Bonchev–Trinajstić information content (AvgIpc) is 3.46. The lowest BCUT2D eigenvalue weighted by Gasteiger charge is -2.14. The number of aryl methyl sites for hydroxylation is 2. The minimum Gasteiger partial charge on any atom is -0.442 e. The molecule has 4 aromatic rings. The Bertz CT molecular complexity index is 1370. The molecule has 0 unspecified atom stereocenters. The molecule has 0 spiro atoms. The summed E-state index contributed by atoms with van der Waals surface area (Å²) in [5.41, 5.74) is 3.94. The predicted molar refractivity (Wildman–Crippen MR) is 140 cm³/mol. The minimum atomic E-state index is -0.548. The van der Waals surface area contributed by atoms with Gasteiger partial charge in [0.25, 0.3) is 0 Å². The molecule has 1 atom stereocenters. The van der Waals surface area contributed by atoms with E-state index in [0.717, 1.165) is 35.4 Å². The van der Waals surface area contributed by atoms with Crippen LogP contribution in [-0.2, 0) is 22.4 Å². The molecule has 6 nitrogen and oxygen atoms in total. The molecule has 1 aliphatic heterocycles. The van der Waals surface area contributed by atoms with Gasteiger partial charge in [0.05, 0.1) is 34.0 Å². The van der Waals surface area contributed by atoms with Crippen LogP contribution in [0.25, 0.3) is 21.3 Å². The number of cyclic esters (lactones) is 1. The van der Waals surface area contributed by atoms with Crippen LogP contribution in [0.1, 0.15) is 23.9 Å². The van der Waals surface area contributed by atoms with Gasteiger partial charge in [0, 0.05) is 12.5 Å². The molecule has 1 saturated heterocycles. The number of halogens is 1. The van der Waals surface area contributed by atoms with Crippen molar-refractivity contribution in [2.24, 2.45) is 0 Å². The molecule has 5 rings (SSSR count). The number of hydrogen-bond donors (Lipinski definition) is 1. The van der Waals surface area contributed by atoms with Gasteiger partial charge in [-0.1, -0.05) is 36.4 Å². The Morgan fingerprint density at radius 2 is 1.94 bits per heavy atom. The molecule has 0 aliphatic carbocycles. The van der Waals surface area contributed by atoms with Gasteiger partial charge >= 0.3 is 6.09 Å². The van der Waals surface area contributed by atoms with Crippen molar-refractivity contribution in [2.75, 3.05) is 18.0 Å². The lowest BCUT2D eigenvalue weighted by molar-refractivity contribution is -0.119. The molecule has 0 radical (unpaired) electrons. The van der Waals surface area contributed by atoms with E-state index in [1.165, 1.54) is 28.2 Å². The largest absolute Gasteiger partial charge is 0.442 e. The number of benzene rings is 3. The molecule has 1 aromatic heterocycles. The maximum atomic E-state index is 15.0. The first-order valence-corrected chi connectivity index (χ1v) is 12.7. The van der Waals surface area contributed by atoms with Crippen molar-refractivity contribution in [3.8, 4) is 11.1 Å². The van der Waals surface area contributed by atoms with Crippen molar-refractivity contribution in [3.05, 3.63) is 83.1 Å². The Morgan fingerprint density at radius 3 is 2.69 bits per heavy atom. The van der Waals surface area contributed by atoms with Gasteiger partial charge in [0.2, 0.25) is 5.91 Å². The molecule has 2 heterocycles. The number of nitrogens with one attached hydrogen (secondary N) is 1. The molecule has 184 valence electrons. The van der Waals surface area contributed by atoms with Crippen molar-refractivity contribution in [2.45, 2.75) is 32.3 Å².